The maximum absolute atomic E-state index is 12.8. The lowest BCUT2D eigenvalue weighted by molar-refractivity contribution is 0.0940. The number of hydrogen-bond acceptors (Lipinski definition) is 6. The molecule has 9 heteroatoms. The Bertz CT molecular complexity index is 1000. The lowest BCUT2D eigenvalue weighted by Crippen LogP contribution is -2.36. The molecule has 2 N–H and O–H groups in total. The number of nitrogens with one attached hydrogen (secondary N) is 2. The van der Waals surface area contributed by atoms with Crippen LogP contribution in [0.15, 0.2) is 47.4 Å². The Hall–Kier alpha value is -2.62. The molecule has 3 rings (SSSR count). The van der Waals surface area contributed by atoms with Crippen LogP contribution in [0.25, 0.3) is 0 Å². The number of ether oxygens (including phenoxy) is 2. The van der Waals surface area contributed by atoms with Gasteiger partial charge in [0.2, 0.25) is 10.0 Å². The van der Waals surface area contributed by atoms with Gasteiger partial charge in [0.1, 0.15) is 5.75 Å². The second-order valence-electron chi connectivity index (χ2n) is 7.58. The Morgan fingerprint density at radius 2 is 1.81 bits per heavy atom. The summed E-state index contributed by atoms with van der Waals surface area (Å²) in [6.45, 7) is 6.91. The average molecular weight is 448 g/mol. The van der Waals surface area contributed by atoms with Crippen LogP contribution < -0.4 is 19.7 Å². The number of rotatable bonds is 8. The smallest absolute Gasteiger partial charge is 0.255 e. The van der Waals surface area contributed by atoms with Crippen LogP contribution in [0.5, 0.6) is 5.75 Å². The fourth-order valence-corrected chi connectivity index (χ4v) is 4.32. The van der Waals surface area contributed by atoms with E-state index in [1.54, 1.807) is 0 Å². The molecule has 2 aromatic rings. The minimum atomic E-state index is -3.81. The first-order valence-corrected chi connectivity index (χ1v) is 11.7. The molecule has 0 radical (unpaired) electrons. The van der Waals surface area contributed by atoms with E-state index in [9.17, 15) is 13.2 Å². The summed E-state index contributed by atoms with van der Waals surface area (Å²) in [5.41, 5.74) is 2.10. The normalized spacial score (nSPS) is 14.5. The lowest BCUT2D eigenvalue weighted by Gasteiger charge is -2.28. The van der Waals surface area contributed by atoms with E-state index in [1.165, 1.54) is 25.3 Å². The van der Waals surface area contributed by atoms with Crippen LogP contribution in [0, 0.1) is 0 Å². The lowest BCUT2D eigenvalue weighted by atomic mass is 10.2. The number of carbonyl (C=O) groups excluding carboxylic acids is 1. The summed E-state index contributed by atoms with van der Waals surface area (Å²) in [6, 6.07) is 11.9. The summed E-state index contributed by atoms with van der Waals surface area (Å²) >= 11 is 0. The number of morpholine rings is 1. The SMILES string of the molecule is COc1ccc(S(=O)(=O)NCc2ccc(N3CCOCC3)cc2)cc1C(=O)NC(C)C. The Labute approximate surface area is 183 Å². The Morgan fingerprint density at radius 1 is 1.13 bits per heavy atom. The van der Waals surface area contributed by atoms with Crippen LogP contribution >= 0.6 is 0 Å². The number of anilines is 1. The molecule has 1 aliphatic rings. The molecule has 1 heterocycles. The number of hydrogen-bond donors (Lipinski definition) is 2. The third kappa shape index (κ3) is 5.96. The van der Waals surface area contributed by atoms with Crippen LogP contribution in [0.4, 0.5) is 5.69 Å². The summed E-state index contributed by atoms with van der Waals surface area (Å²) in [6.07, 6.45) is 0. The van der Waals surface area contributed by atoms with Gasteiger partial charge in [0.25, 0.3) is 5.91 Å². The minimum absolute atomic E-state index is 0.00661. The van der Waals surface area contributed by atoms with Gasteiger partial charge in [-0.25, -0.2) is 13.1 Å². The summed E-state index contributed by atoms with van der Waals surface area (Å²) in [5.74, 6) is -0.0709. The molecule has 0 bridgehead atoms. The molecule has 8 nitrogen and oxygen atoms in total. The second-order valence-corrected chi connectivity index (χ2v) is 9.35. The quantitative estimate of drug-likeness (QED) is 0.644. The number of carbonyl (C=O) groups is 1. The van der Waals surface area contributed by atoms with Crippen molar-refractivity contribution in [1.29, 1.82) is 0 Å². The third-order valence-corrected chi connectivity index (χ3v) is 6.32. The van der Waals surface area contributed by atoms with Gasteiger partial charge in [-0.3, -0.25) is 4.79 Å². The molecule has 1 saturated heterocycles. The zero-order valence-corrected chi connectivity index (χ0v) is 18.9. The number of benzene rings is 2. The first-order valence-electron chi connectivity index (χ1n) is 10.2. The van der Waals surface area contributed by atoms with E-state index in [0.29, 0.717) is 19.0 Å². The maximum Gasteiger partial charge on any atom is 0.255 e. The molecule has 0 saturated carbocycles. The van der Waals surface area contributed by atoms with Gasteiger partial charge < -0.3 is 19.7 Å². The fourth-order valence-electron chi connectivity index (χ4n) is 3.28. The molecule has 1 fully saturated rings. The molecule has 0 atom stereocenters. The Kier molecular flexibility index (Phi) is 7.53. The highest BCUT2D eigenvalue weighted by atomic mass is 32.2. The minimum Gasteiger partial charge on any atom is -0.496 e. The summed E-state index contributed by atoms with van der Waals surface area (Å²) in [7, 11) is -2.37. The largest absolute Gasteiger partial charge is 0.496 e. The first-order chi connectivity index (χ1) is 14.8. The molecular formula is C22H29N3O5S. The molecule has 0 unspecified atom stereocenters. The van der Waals surface area contributed by atoms with Crippen molar-refractivity contribution < 1.29 is 22.7 Å². The Morgan fingerprint density at radius 3 is 2.42 bits per heavy atom. The van der Waals surface area contributed by atoms with Crippen molar-refractivity contribution in [1.82, 2.24) is 10.0 Å². The van der Waals surface area contributed by atoms with Crippen LogP contribution in [-0.2, 0) is 21.3 Å². The van der Waals surface area contributed by atoms with Gasteiger partial charge in [-0.15, -0.1) is 0 Å². The highest BCUT2D eigenvalue weighted by Gasteiger charge is 2.20. The van der Waals surface area contributed by atoms with Crippen molar-refractivity contribution in [3.8, 4) is 5.75 Å². The molecule has 1 amide bonds. The van der Waals surface area contributed by atoms with Crippen LogP contribution in [0.2, 0.25) is 0 Å². The summed E-state index contributed by atoms with van der Waals surface area (Å²) < 4.78 is 38.8. The van der Waals surface area contributed by atoms with Gasteiger partial charge in [-0.05, 0) is 49.7 Å². The molecule has 31 heavy (non-hydrogen) atoms. The first kappa shape index (κ1) is 23.1. The van der Waals surface area contributed by atoms with Crippen LogP contribution in [-0.4, -0.2) is 53.8 Å². The van der Waals surface area contributed by atoms with E-state index in [2.05, 4.69) is 14.9 Å². The molecule has 0 spiro atoms. The Balaban J connectivity index is 1.71. The third-order valence-electron chi connectivity index (χ3n) is 4.92. The predicted octanol–water partition coefficient (Wildman–Crippen LogP) is 2.15. The van der Waals surface area contributed by atoms with Crippen molar-refractivity contribution in [2.45, 2.75) is 31.3 Å². The topological polar surface area (TPSA) is 97.0 Å². The maximum atomic E-state index is 12.8. The fraction of sp³-hybridized carbons (Fsp3) is 0.409. The van der Waals surface area contributed by atoms with Gasteiger partial charge in [0.05, 0.1) is 30.8 Å². The molecule has 168 valence electrons. The van der Waals surface area contributed by atoms with Gasteiger partial charge in [0.15, 0.2) is 0 Å². The van der Waals surface area contributed by atoms with Crippen molar-refractivity contribution in [3.63, 3.8) is 0 Å². The van der Waals surface area contributed by atoms with Gasteiger partial charge in [-0.2, -0.15) is 0 Å². The zero-order valence-electron chi connectivity index (χ0n) is 18.1. The molecule has 1 aliphatic heterocycles. The number of amides is 1. The molecule has 0 aliphatic carbocycles. The second kappa shape index (κ2) is 10.1. The van der Waals surface area contributed by atoms with Crippen molar-refractivity contribution in [2.75, 3.05) is 38.3 Å². The predicted molar refractivity (Wildman–Crippen MR) is 119 cm³/mol. The van der Waals surface area contributed by atoms with Gasteiger partial charge in [0, 0.05) is 31.4 Å². The van der Waals surface area contributed by atoms with E-state index in [0.717, 1.165) is 24.3 Å². The highest BCUT2D eigenvalue weighted by Crippen LogP contribution is 2.23. The molecule has 2 aromatic carbocycles. The molecule has 0 aromatic heterocycles. The monoisotopic (exact) mass is 447 g/mol. The van der Waals surface area contributed by atoms with Gasteiger partial charge in [-0.1, -0.05) is 12.1 Å². The molecular weight excluding hydrogens is 418 g/mol. The number of sulfonamides is 1. The standard InChI is InChI=1S/C22H29N3O5S/c1-16(2)24-22(26)20-14-19(8-9-21(20)29-3)31(27,28)23-15-17-4-6-18(7-5-17)25-10-12-30-13-11-25/h4-9,14,16,23H,10-13,15H2,1-3H3,(H,24,26). The van der Waals surface area contributed by atoms with E-state index in [-0.39, 0.29) is 29.0 Å². The van der Waals surface area contributed by atoms with E-state index in [4.69, 9.17) is 9.47 Å². The number of nitrogens with zero attached hydrogens (tertiary/aromatic N) is 1. The van der Waals surface area contributed by atoms with Crippen molar-refractivity contribution in [2.24, 2.45) is 0 Å². The number of methoxy groups -OCH3 is 1. The van der Waals surface area contributed by atoms with Crippen molar-refractivity contribution >= 4 is 21.6 Å². The summed E-state index contributed by atoms with van der Waals surface area (Å²) in [5, 5.41) is 2.76. The highest BCUT2D eigenvalue weighted by molar-refractivity contribution is 7.89. The van der Waals surface area contributed by atoms with E-state index < -0.39 is 10.0 Å². The van der Waals surface area contributed by atoms with E-state index >= 15 is 0 Å². The van der Waals surface area contributed by atoms with Gasteiger partial charge >= 0.3 is 0 Å². The van der Waals surface area contributed by atoms with Crippen LogP contribution in [0.3, 0.4) is 0 Å². The van der Waals surface area contributed by atoms with E-state index in [1.807, 2.05) is 38.1 Å². The summed E-state index contributed by atoms with van der Waals surface area (Å²) in [4.78, 5) is 14.7. The zero-order chi connectivity index (χ0) is 22.4. The van der Waals surface area contributed by atoms with Crippen molar-refractivity contribution in [3.05, 3.63) is 53.6 Å². The average Bonchev–Trinajstić information content (AvgIpc) is 2.77. The van der Waals surface area contributed by atoms with Crippen LogP contribution in [0.1, 0.15) is 29.8 Å².